The third kappa shape index (κ3) is 4.59. The minimum Gasteiger partial charge on any atom is -0.359 e. The SMILES string of the molecule is CCNC(=NCc1nc2ccccc2n1C)N1CCC(CC(=O)NC)CC1. The Hall–Kier alpha value is -2.57. The number of benzene rings is 1. The Morgan fingerprint density at radius 3 is 2.70 bits per heavy atom. The molecule has 3 rings (SSSR count). The number of hydrogen-bond acceptors (Lipinski definition) is 3. The molecule has 1 amide bonds. The molecule has 0 aliphatic carbocycles. The van der Waals surface area contributed by atoms with Crippen molar-refractivity contribution in [1.82, 2.24) is 25.1 Å². The lowest BCUT2D eigenvalue weighted by Crippen LogP contribution is -2.46. The van der Waals surface area contributed by atoms with Crippen LogP contribution in [-0.4, -0.2) is 53.0 Å². The van der Waals surface area contributed by atoms with Crippen LogP contribution in [0.1, 0.15) is 32.0 Å². The number of carbonyl (C=O) groups excluding carboxylic acids is 1. The first-order chi connectivity index (χ1) is 13.1. The zero-order valence-corrected chi connectivity index (χ0v) is 16.5. The van der Waals surface area contributed by atoms with E-state index >= 15 is 0 Å². The Bertz CT molecular complexity index is 804. The standard InChI is InChI=1S/C20H30N6O/c1-4-22-20(26-11-9-15(10-12-26)13-19(27)21-2)23-14-18-24-16-7-5-6-8-17(16)25(18)3/h5-8,15H,4,9-14H2,1-3H3,(H,21,27)(H,22,23). The van der Waals surface area contributed by atoms with Crippen LogP contribution in [0.4, 0.5) is 0 Å². The smallest absolute Gasteiger partial charge is 0.220 e. The lowest BCUT2D eigenvalue weighted by molar-refractivity contribution is -0.121. The van der Waals surface area contributed by atoms with Gasteiger partial charge in [0.25, 0.3) is 0 Å². The van der Waals surface area contributed by atoms with Gasteiger partial charge in [-0.05, 0) is 37.8 Å². The Kier molecular flexibility index (Phi) is 6.32. The van der Waals surface area contributed by atoms with E-state index in [-0.39, 0.29) is 5.91 Å². The lowest BCUT2D eigenvalue weighted by atomic mass is 9.93. The first-order valence-electron chi connectivity index (χ1n) is 9.76. The molecule has 1 aliphatic rings. The maximum atomic E-state index is 11.6. The molecule has 7 heteroatoms. The number of aryl methyl sites for hydroxylation is 1. The van der Waals surface area contributed by atoms with Crippen molar-refractivity contribution in [3.63, 3.8) is 0 Å². The van der Waals surface area contributed by atoms with Gasteiger partial charge in [0.15, 0.2) is 5.96 Å². The number of hydrogen-bond donors (Lipinski definition) is 2. The minimum atomic E-state index is 0.135. The number of carbonyl (C=O) groups is 1. The number of imidazole rings is 1. The Morgan fingerprint density at radius 2 is 2.04 bits per heavy atom. The Morgan fingerprint density at radius 1 is 1.30 bits per heavy atom. The highest BCUT2D eigenvalue weighted by Gasteiger charge is 2.23. The van der Waals surface area contributed by atoms with Crippen LogP contribution < -0.4 is 10.6 Å². The monoisotopic (exact) mass is 370 g/mol. The first kappa shape index (κ1) is 19.2. The highest BCUT2D eigenvalue weighted by Crippen LogP contribution is 2.21. The molecule has 146 valence electrons. The molecule has 0 saturated carbocycles. The molecular formula is C20H30N6O. The molecule has 2 aromatic rings. The topological polar surface area (TPSA) is 74.5 Å². The van der Waals surface area contributed by atoms with E-state index in [1.807, 2.05) is 25.2 Å². The quantitative estimate of drug-likeness (QED) is 0.623. The summed E-state index contributed by atoms with van der Waals surface area (Å²) in [5, 5.41) is 6.13. The molecule has 2 heterocycles. The van der Waals surface area contributed by atoms with Gasteiger partial charge in [0, 0.05) is 40.2 Å². The normalized spacial score (nSPS) is 16.0. The van der Waals surface area contributed by atoms with Gasteiger partial charge in [-0.25, -0.2) is 9.98 Å². The summed E-state index contributed by atoms with van der Waals surface area (Å²) < 4.78 is 2.11. The maximum Gasteiger partial charge on any atom is 0.220 e. The molecule has 0 unspecified atom stereocenters. The van der Waals surface area contributed by atoms with E-state index in [4.69, 9.17) is 9.98 Å². The van der Waals surface area contributed by atoms with Gasteiger partial charge in [0.2, 0.25) is 5.91 Å². The predicted octanol–water partition coefficient (Wildman–Crippen LogP) is 1.89. The van der Waals surface area contributed by atoms with Crippen molar-refractivity contribution in [3.8, 4) is 0 Å². The molecule has 0 atom stereocenters. The summed E-state index contributed by atoms with van der Waals surface area (Å²) in [6, 6.07) is 8.16. The molecule has 27 heavy (non-hydrogen) atoms. The van der Waals surface area contributed by atoms with Crippen LogP contribution in [0.2, 0.25) is 0 Å². The van der Waals surface area contributed by atoms with Gasteiger partial charge in [-0.1, -0.05) is 12.1 Å². The fourth-order valence-electron chi connectivity index (χ4n) is 3.62. The maximum absolute atomic E-state index is 11.6. The van der Waals surface area contributed by atoms with Gasteiger partial charge >= 0.3 is 0 Å². The van der Waals surface area contributed by atoms with E-state index in [0.717, 1.165) is 55.3 Å². The average molecular weight is 371 g/mol. The molecule has 1 fully saturated rings. The van der Waals surface area contributed by atoms with Crippen LogP contribution >= 0.6 is 0 Å². The van der Waals surface area contributed by atoms with Crippen molar-refractivity contribution in [2.75, 3.05) is 26.7 Å². The van der Waals surface area contributed by atoms with Gasteiger partial charge < -0.3 is 20.1 Å². The fraction of sp³-hybridized carbons (Fsp3) is 0.550. The van der Waals surface area contributed by atoms with E-state index in [2.05, 4.69) is 33.1 Å². The van der Waals surface area contributed by atoms with Crippen LogP contribution in [0.15, 0.2) is 29.3 Å². The molecule has 7 nitrogen and oxygen atoms in total. The number of piperidine rings is 1. The third-order valence-corrected chi connectivity index (χ3v) is 5.25. The molecule has 0 radical (unpaired) electrons. The lowest BCUT2D eigenvalue weighted by Gasteiger charge is -2.34. The molecule has 1 saturated heterocycles. The number of rotatable bonds is 5. The van der Waals surface area contributed by atoms with Gasteiger partial charge in [-0.3, -0.25) is 4.79 Å². The van der Waals surface area contributed by atoms with E-state index in [1.165, 1.54) is 0 Å². The number of amides is 1. The number of nitrogens with one attached hydrogen (secondary N) is 2. The van der Waals surface area contributed by atoms with Crippen LogP contribution in [0.5, 0.6) is 0 Å². The van der Waals surface area contributed by atoms with Crippen molar-refractivity contribution in [1.29, 1.82) is 0 Å². The largest absolute Gasteiger partial charge is 0.359 e. The van der Waals surface area contributed by atoms with Crippen molar-refractivity contribution in [3.05, 3.63) is 30.1 Å². The third-order valence-electron chi connectivity index (χ3n) is 5.25. The zero-order chi connectivity index (χ0) is 19.2. The number of guanidine groups is 1. The summed E-state index contributed by atoms with van der Waals surface area (Å²) >= 11 is 0. The number of aromatic nitrogens is 2. The molecule has 0 spiro atoms. The summed E-state index contributed by atoms with van der Waals surface area (Å²) in [7, 11) is 3.74. The molecule has 0 bridgehead atoms. The van der Waals surface area contributed by atoms with Gasteiger partial charge in [-0.2, -0.15) is 0 Å². The molecule has 2 N–H and O–H groups in total. The molecular weight excluding hydrogens is 340 g/mol. The van der Waals surface area contributed by atoms with Crippen molar-refractivity contribution in [2.24, 2.45) is 18.0 Å². The second-order valence-corrected chi connectivity index (χ2v) is 7.05. The predicted molar refractivity (Wildman–Crippen MR) is 109 cm³/mol. The molecule has 1 aromatic heterocycles. The highest BCUT2D eigenvalue weighted by molar-refractivity contribution is 5.80. The Balaban J connectivity index is 1.66. The van der Waals surface area contributed by atoms with Gasteiger partial charge in [0.1, 0.15) is 12.4 Å². The van der Waals surface area contributed by atoms with Gasteiger partial charge in [0.05, 0.1) is 11.0 Å². The number of likely N-dealkylation sites (tertiary alicyclic amines) is 1. The number of nitrogens with zero attached hydrogens (tertiary/aromatic N) is 4. The fourth-order valence-corrected chi connectivity index (χ4v) is 3.62. The second-order valence-electron chi connectivity index (χ2n) is 7.05. The summed E-state index contributed by atoms with van der Waals surface area (Å²) in [5.74, 6) is 2.49. The zero-order valence-electron chi connectivity index (χ0n) is 16.5. The summed E-state index contributed by atoms with van der Waals surface area (Å²) in [6.07, 6.45) is 2.66. The van der Waals surface area contributed by atoms with Gasteiger partial charge in [-0.15, -0.1) is 0 Å². The van der Waals surface area contributed by atoms with Crippen molar-refractivity contribution >= 4 is 22.9 Å². The van der Waals surface area contributed by atoms with Crippen LogP contribution in [0.3, 0.4) is 0 Å². The minimum absolute atomic E-state index is 0.135. The van der Waals surface area contributed by atoms with Crippen LogP contribution in [0.25, 0.3) is 11.0 Å². The van der Waals surface area contributed by atoms with Crippen molar-refractivity contribution < 1.29 is 4.79 Å². The molecule has 1 aromatic carbocycles. The number of para-hydroxylation sites is 2. The van der Waals surface area contributed by atoms with E-state index in [1.54, 1.807) is 7.05 Å². The highest BCUT2D eigenvalue weighted by atomic mass is 16.1. The summed E-state index contributed by atoms with van der Waals surface area (Å²) in [4.78, 5) is 23.4. The van der Waals surface area contributed by atoms with Crippen LogP contribution in [0, 0.1) is 5.92 Å². The summed E-state index contributed by atoms with van der Waals surface area (Å²) in [5.41, 5.74) is 2.13. The van der Waals surface area contributed by atoms with E-state index in [0.29, 0.717) is 18.9 Å². The van der Waals surface area contributed by atoms with Crippen molar-refractivity contribution in [2.45, 2.75) is 32.7 Å². The first-order valence-corrected chi connectivity index (χ1v) is 9.76. The van der Waals surface area contributed by atoms with Crippen LogP contribution in [-0.2, 0) is 18.4 Å². The average Bonchev–Trinajstić information content (AvgIpc) is 3.02. The molecule has 1 aliphatic heterocycles. The summed E-state index contributed by atoms with van der Waals surface area (Å²) in [6.45, 7) is 5.32. The Labute approximate surface area is 160 Å². The second kappa shape index (κ2) is 8.88. The number of fused-ring (bicyclic) bond motifs is 1. The van der Waals surface area contributed by atoms with E-state index < -0.39 is 0 Å². The van der Waals surface area contributed by atoms with E-state index in [9.17, 15) is 4.79 Å². The number of aliphatic imine (C=N–C) groups is 1.